The zero-order chi connectivity index (χ0) is 11.4. The fourth-order valence-electron chi connectivity index (χ4n) is 3.44. The first kappa shape index (κ1) is 11.9. The van der Waals surface area contributed by atoms with E-state index in [9.17, 15) is 4.79 Å². The highest BCUT2D eigenvalue weighted by atomic mass is 16.5. The quantitative estimate of drug-likeness (QED) is 0.731. The lowest BCUT2D eigenvalue weighted by molar-refractivity contribution is -0.156. The largest absolute Gasteiger partial charge is 0.466 e. The van der Waals surface area contributed by atoms with Crippen molar-refractivity contribution < 1.29 is 9.53 Å². The molecule has 1 aliphatic carbocycles. The van der Waals surface area contributed by atoms with Crippen molar-refractivity contribution >= 4 is 5.97 Å². The number of carbonyl (C=O) groups excluding carboxylic acids is 1. The van der Waals surface area contributed by atoms with Crippen molar-refractivity contribution in [2.75, 3.05) is 19.7 Å². The van der Waals surface area contributed by atoms with Crippen LogP contribution in [0.15, 0.2) is 0 Å². The fourth-order valence-corrected chi connectivity index (χ4v) is 3.44. The van der Waals surface area contributed by atoms with E-state index in [0.717, 1.165) is 32.4 Å². The average Bonchev–Trinajstić information content (AvgIpc) is 2.31. The predicted octanol–water partition coefficient (Wildman–Crippen LogP) is 2.11. The highest BCUT2D eigenvalue weighted by Crippen LogP contribution is 2.47. The van der Waals surface area contributed by atoms with Gasteiger partial charge in [-0.15, -0.1) is 0 Å². The van der Waals surface area contributed by atoms with Crippen LogP contribution >= 0.6 is 0 Å². The molecule has 1 saturated carbocycles. The monoisotopic (exact) mass is 225 g/mol. The Morgan fingerprint density at radius 3 is 2.75 bits per heavy atom. The van der Waals surface area contributed by atoms with Crippen LogP contribution in [-0.2, 0) is 9.53 Å². The van der Waals surface area contributed by atoms with Gasteiger partial charge in [-0.05, 0) is 51.1 Å². The standard InChI is InChI=1S/C13H23NO2/c1-2-16-12(15)11-5-3-4-6-13(11)7-9-14-10-8-13/h11,14H,2-10H2,1H3. The van der Waals surface area contributed by atoms with Crippen LogP contribution in [0.5, 0.6) is 0 Å². The second kappa shape index (κ2) is 5.17. The van der Waals surface area contributed by atoms with Crippen LogP contribution in [0.4, 0.5) is 0 Å². The molecule has 2 aliphatic rings. The van der Waals surface area contributed by atoms with Crippen LogP contribution in [0.25, 0.3) is 0 Å². The minimum atomic E-state index is 0.0594. The summed E-state index contributed by atoms with van der Waals surface area (Å²) in [6.45, 7) is 4.55. The lowest BCUT2D eigenvalue weighted by atomic mass is 9.61. The van der Waals surface area contributed by atoms with Gasteiger partial charge >= 0.3 is 5.97 Å². The molecule has 0 bridgehead atoms. The van der Waals surface area contributed by atoms with Crippen molar-refractivity contribution in [3.8, 4) is 0 Å². The van der Waals surface area contributed by atoms with Crippen LogP contribution in [0.3, 0.4) is 0 Å². The average molecular weight is 225 g/mol. The molecular weight excluding hydrogens is 202 g/mol. The Labute approximate surface area is 97.9 Å². The number of rotatable bonds is 2. The lowest BCUT2D eigenvalue weighted by Gasteiger charge is -2.45. The van der Waals surface area contributed by atoms with Crippen LogP contribution in [-0.4, -0.2) is 25.7 Å². The van der Waals surface area contributed by atoms with Gasteiger partial charge in [0.05, 0.1) is 12.5 Å². The van der Waals surface area contributed by atoms with E-state index >= 15 is 0 Å². The summed E-state index contributed by atoms with van der Waals surface area (Å²) in [6, 6.07) is 0. The van der Waals surface area contributed by atoms with Crippen LogP contribution in [0.2, 0.25) is 0 Å². The second-order valence-corrected chi connectivity index (χ2v) is 5.16. The molecule has 0 aromatic heterocycles. The van der Waals surface area contributed by atoms with E-state index in [2.05, 4.69) is 5.32 Å². The number of ether oxygens (including phenoxy) is 1. The van der Waals surface area contributed by atoms with E-state index in [1.807, 2.05) is 6.92 Å². The van der Waals surface area contributed by atoms with Crippen molar-refractivity contribution in [2.24, 2.45) is 11.3 Å². The third-order valence-electron chi connectivity index (χ3n) is 4.33. The minimum absolute atomic E-state index is 0.0594. The molecule has 0 aromatic carbocycles. The van der Waals surface area contributed by atoms with Crippen LogP contribution in [0.1, 0.15) is 45.4 Å². The molecule has 92 valence electrons. The summed E-state index contributed by atoms with van der Waals surface area (Å²) in [4.78, 5) is 12.0. The summed E-state index contributed by atoms with van der Waals surface area (Å²) in [5, 5.41) is 3.40. The van der Waals surface area contributed by atoms with E-state index in [-0.39, 0.29) is 17.3 Å². The number of piperidine rings is 1. The summed E-state index contributed by atoms with van der Waals surface area (Å²) >= 11 is 0. The zero-order valence-corrected chi connectivity index (χ0v) is 10.3. The number of nitrogens with one attached hydrogen (secondary N) is 1. The Balaban J connectivity index is 2.09. The van der Waals surface area contributed by atoms with Gasteiger partial charge in [-0.25, -0.2) is 0 Å². The van der Waals surface area contributed by atoms with E-state index in [0.29, 0.717) is 6.61 Å². The van der Waals surface area contributed by atoms with Gasteiger partial charge in [0, 0.05) is 0 Å². The first-order valence-electron chi connectivity index (χ1n) is 6.66. The van der Waals surface area contributed by atoms with Gasteiger partial charge in [0.2, 0.25) is 0 Å². The van der Waals surface area contributed by atoms with E-state index < -0.39 is 0 Å². The molecule has 0 amide bonds. The molecule has 2 fully saturated rings. The topological polar surface area (TPSA) is 38.3 Å². The number of carbonyl (C=O) groups is 1. The highest BCUT2D eigenvalue weighted by molar-refractivity contribution is 5.73. The third kappa shape index (κ3) is 2.24. The molecule has 1 atom stereocenters. The smallest absolute Gasteiger partial charge is 0.309 e. The van der Waals surface area contributed by atoms with Gasteiger partial charge < -0.3 is 10.1 Å². The molecule has 1 heterocycles. The lowest BCUT2D eigenvalue weighted by Crippen LogP contribution is -2.46. The first-order valence-corrected chi connectivity index (χ1v) is 6.66. The molecule has 0 radical (unpaired) electrons. The maximum Gasteiger partial charge on any atom is 0.309 e. The molecule has 1 N–H and O–H groups in total. The van der Waals surface area contributed by atoms with Crippen molar-refractivity contribution in [3.05, 3.63) is 0 Å². The van der Waals surface area contributed by atoms with Gasteiger partial charge in [-0.1, -0.05) is 12.8 Å². The number of esters is 1. The SMILES string of the molecule is CCOC(=O)C1CCCCC12CCNCC2. The molecule has 2 rings (SSSR count). The van der Waals surface area contributed by atoms with Gasteiger partial charge in [0.15, 0.2) is 0 Å². The molecule has 3 nitrogen and oxygen atoms in total. The normalized spacial score (nSPS) is 28.9. The van der Waals surface area contributed by atoms with Gasteiger partial charge in [0.1, 0.15) is 0 Å². The fraction of sp³-hybridized carbons (Fsp3) is 0.923. The summed E-state index contributed by atoms with van der Waals surface area (Å²) in [5.41, 5.74) is 0.260. The molecule has 1 aliphatic heterocycles. The molecule has 3 heteroatoms. The van der Waals surface area contributed by atoms with Crippen molar-refractivity contribution in [1.82, 2.24) is 5.32 Å². The van der Waals surface area contributed by atoms with Gasteiger partial charge in [0.25, 0.3) is 0 Å². The molecular formula is C13H23NO2. The molecule has 1 saturated heterocycles. The molecule has 16 heavy (non-hydrogen) atoms. The highest BCUT2D eigenvalue weighted by Gasteiger charge is 2.45. The van der Waals surface area contributed by atoms with Crippen molar-refractivity contribution in [2.45, 2.75) is 45.4 Å². The summed E-state index contributed by atoms with van der Waals surface area (Å²) in [7, 11) is 0. The van der Waals surface area contributed by atoms with Crippen LogP contribution < -0.4 is 5.32 Å². The molecule has 1 spiro atoms. The first-order chi connectivity index (χ1) is 7.78. The summed E-state index contributed by atoms with van der Waals surface area (Å²) in [5.74, 6) is 0.229. The molecule has 1 unspecified atom stereocenters. The minimum Gasteiger partial charge on any atom is -0.466 e. The predicted molar refractivity (Wildman–Crippen MR) is 63.1 cm³/mol. The Kier molecular flexibility index (Phi) is 3.85. The van der Waals surface area contributed by atoms with Gasteiger partial charge in [-0.3, -0.25) is 4.79 Å². The Bertz CT molecular complexity index is 238. The molecule has 0 aromatic rings. The van der Waals surface area contributed by atoms with E-state index in [4.69, 9.17) is 4.74 Å². The van der Waals surface area contributed by atoms with Crippen LogP contribution in [0, 0.1) is 11.3 Å². The van der Waals surface area contributed by atoms with E-state index in [1.54, 1.807) is 0 Å². The van der Waals surface area contributed by atoms with Crippen molar-refractivity contribution in [1.29, 1.82) is 0 Å². The number of hydrogen-bond acceptors (Lipinski definition) is 3. The zero-order valence-electron chi connectivity index (χ0n) is 10.3. The maximum atomic E-state index is 12.0. The van der Waals surface area contributed by atoms with Crippen molar-refractivity contribution in [3.63, 3.8) is 0 Å². The summed E-state index contributed by atoms with van der Waals surface area (Å²) < 4.78 is 5.25. The maximum absolute atomic E-state index is 12.0. The van der Waals surface area contributed by atoms with E-state index in [1.165, 1.54) is 19.3 Å². The second-order valence-electron chi connectivity index (χ2n) is 5.16. The van der Waals surface area contributed by atoms with Gasteiger partial charge in [-0.2, -0.15) is 0 Å². The Morgan fingerprint density at radius 1 is 1.31 bits per heavy atom. The third-order valence-corrected chi connectivity index (χ3v) is 4.33. The number of hydrogen-bond donors (Lipinski definition) is 1. The summed E-state index contributed by atoms with van der Waals surface area (Å²) in [6.07, 6.45) is 7.04. The Hall–Kier alpha value is -0.570. The Morgan fingerprint density at radius 2 is 2.06 bits per heavy atom.